The molecule has 0 aromatic heterocycles. The fraction of sp³-hybridized carbons (Fsp3) is 0.362. The molecule has 10 heteroatoms. The summed E-state index contributed by atoms with van der Waals surface area (Å²) in [6, 6.07) is 49.0. The highest BCUT2D eigenvalue weighted by Gasteiger charge is 2.50. The molecule has 2 aliphatic heterocycles. The van der Waals surface area contributed by atoms with E-state index in [1.54, 1.807) is 0 Å². The lowest BCUT2D eigenvalue weighted by molar-refractivity contribution is -0.341. The summed E-state index contributed by atoms with van der Waals surface area (Å²) in [5.41, 5.74) is 4.80. The van der Waals surface area contributed by atoms with Crippen molar-refractivity contribution in [3.05, 3.63) is 179 Å². The Morgan fingerprint density at radius 3 is 1.18 bits per heavy atom. The molecule has 5 aromatic rings. The molecule has 57 heavy (non-hydrogen) atoms. The topological polar surface area (TPSA) is 114 Å². The third-order valence-electron chi connectivity index (χ3n) is 10.2. The van der Waals surface area contributed by atoms with Gasteiger partial charge < -0.3 is 48.1 Å². The van der Waals surface area contributed by atoms with E-state index < -0.39 is 61.4 Å². The maximum Gasteiger partial charge on any atom is 0.186 e. The summed E-state index contributed by atoms with van der Waals surface area (Å²) < 4.78 is 51.5. The lowest BCUT2D eigenvalue weighted by Gasteiger charge is -2.46. The van der Waals surface area contributed by atoms with E-state index in [4.69, 9.17) is 37.9 Å². The second-order valence-corrected chi connectivity index (χ2v) is 14.4. The number of hydrogen-bond acceptors (Lipinski definition) is 10. The minimum absolute atomic E-state index is 0.154. The summed E-state index contributed by atoms with van der Waals surface area (Å²) in [6.45, 7) is 3.07. The van der Waals surface area contributed by atoms with E-state index in [0.29, 0.717) is 13.2 Å². The van der Waals surface area contributed by atoms with Crippen molar-refractivity contribution in [3.8, 4) is 0 Å². The van der Waals surface area contributed by atoms with Crippen LogP contribution in [0.2, 0.25) is 0 Å². The Kier molecular flexibility index (Phi) is 15.0. The van der Waals surface area contributed by atoms with Crippen molar-refractivity contribution >= 4 is 0 Å². The van der Waals surface area contributed by atoms with Gasteiger partial charge in [0.15, 0.2) is 12.6 Å². The molecule has 0 spiro atoms. The summed E-state index contributed by atoms with van der Waals surface area (Å²) in [7, 11) is 0. The number of benzene rings is 5. The van der Waals surface area contributed by atoms with Gasteiger partial charge in [-0.2, -0.15) is 0 Å². The first kappa shape index (κ1) is 40.9. The van der Waals surface area contributed by atoms with E-state index in [1.807, 2.05) is 159 Å². The molecule has 10 nitrogen and oxygen atoms in total. The van der Waals surface area contributed by atoms with E-state index >= 15 is 0 Å². The lowest BCUT2D eigenvalue weighted by Crippen LogP contribution is -2.62. The van der Waals surface area contributed by atoms with Crippen LogP contribution in [-0.4, -0.2) is 78.2 Å². The lowest BCUT2D eigenvalue weighted by atomic mass is 9.97. The molecular weight excluding hydrogens is 725 g/mol. The van der Waals surface area contributed by atoms with Gasteiger partial charge in [-0.25, -0.2) is 0 Å². The Balaban J connectivity index is 1.10. The molecule has 2 heterocycles. The average molecular weight is 777 g/mol. The van der Waals surface area contributed by atoms with Crippen molar-refractivity contribution in [1.29, 1.82) is 0 Å². The smallest absolute Gasteiger partial charge is 0.186 e. The van der Waals surface area contributed by atoms with Gasteiger partial charge in [-0.15, -0.1) is 0 Å². The van der Waals surface area contributed by atoms with Crippen LogP contribution >= 0.6 is 0 Å². The third-order valence-corrected chi connectivity index (χ3v) is 10.2. The predicted molar refractivity (Wildman–Crippen MR) is 212 cm³/mol. The number of aliphatic hydroxyl groups excluding tert-OH is 2. The molecule has 5 aromatic carbocycles. The van der Waals surface area contributed by atoms with E-state index in [1.165, 1.54) is 0 Å². The minimum atomic E-state index is -1.42. The normalized spacial score (nSPS) is 27.6. The first-order chi connectivity index (χ1) is 28.0. The second-order valence-electron chi connectivity index (χ2n) is 14.4. The molecule has 0 radical (unpaired) electrons. The van der Waals surface area contributed by atoms with Crippen molar-refractivity contribution in [2.75, 3.05) is 6.61 Å². The van der Waals surface area contributed by atoms with Gasteiger partial charge in [-0.1, -0.05) is 152 Å². The summed E-state index contributed by atoms with van der Waals surface area (Å²) in [4.78, 5) is 0. The molecule has 0 unspecified atom stereocenters. The van der Waals surface area contributed by atoms with E-state index in [-0.39, 0.29) is 26.4 Å². The van der Waals surface area contributed by atoms with Gasteiger partial charge >= 0.3 is 0 Å². The first-order valence-corrected chi connectivity index (χ1v) is 19.6. The minimum Gasteiger partial charge on any atom is -0.387 e. The molecule has 0 amide bonds. The summed E-state index contributed by atoms with van der Waals surface area (Å²) in [5, 5.41) is 23.2. The maximum absolute atomic E-state index is 11.8. The van der Waals surface area contributed by atoms with Crippen LogP contribution in [0.3, 0.4) is 0 Å². The van der Waals surface area contributed by atoms with Gasteiger partial charge in [0.1, 0.15) is 42.7 Å². The molecule has 0 aliphatic carbocycles. The third kappa shape index (κ3) is 11.4. The zero-order valence-corrected chi connectivity index (χ0v) is 32.1. The molecule has 2 saturated heterocycles. The fourth-order valence-corrected chi connectivity index (χ4v) is 7.14. The van der Waals surface area contributed by atoms with Crippen LogP contribution in [0.15, 0.2) is 152 Å². The number of aliphatic hydroxyl groups is 2. The molecule has 10 atom stereocenters. The van der Waals surface area contributed by atoms with Gasteiger partial charge in [-0.3, -0.25) is 0 Å². The van der Waals surface area contributed by atoms with Gasteiger partial charge in [0.25, 0.3) is 0 Å². The van der Waals surface area contributed by atoms with Gasteiger partial charge in [0.2, 0.25) is 0 Å². The SMILES string of the molecule is C[C@@H]1O[C@H](OC[C@H]2O[C@H](O)[C@H](OCc3ccccc3)[C@@H](OCc3ccccc3)[C@H]2O)[C@H](OCc2ccccc2)[C@H](OCc2ccccc2)[C@H]1OCc1ccccc1. The zero-order valence-electron chi connectivity index (χ0n) is 32.1. The van der Waals surface area contributed by atoms with Crippen molar-refractivity contribution < 1.29 is 48.1 Å². The van der Waals surface area contributed by atoms with E-state index in [9.17, 15) is 10.2 Å². The monoisotopic (exact) mass is 776 g/mol. The fourth-order valence-electron chi connectivity index (χ4n) is 7.14. The highest BCUT2D eigenvalue weighted by Crippen LogP contribution is 2.33. The maximum atomic E-state index is 11.8. The van der Waals surface area contributed by atoms with Gasteiger partial charge in [0, 0.05) is 0 Å². The molecule has 2 aliphatic rings. The Morgan fingerprint density at radius 2 is 0.754 bits per heavy atom. The quantitative estimate of drug-likeness (QED) is 0.0991. The van der Waals surface area contributed by atoms with Gasteiger partial charge in [0.05, 0.1) is 45.7 Å². The molecule has 300 valence electrons. The molecule has 7 rings (SSSR count). The van der Waals surface area contributed by atoms with Crippen molar-refractivity contribution in [2.24, 2.45) is 0 Å². The molecule has 0 saturated carbocycles. The largest absolute Gasteiger partial charge is 0.387 e. The van der Waals surface area contributed by atoms with Crippen molar-refractivity contribution in [3.63, 3.8) is 0 Å². The molecule has 2 fully saturated rings. The van der Waals surface area contributed by atoms with Crippen molar-refractivity contribution in [1.82, 2.24) is 0 Å². The van der Waals surface area contributed by atoms with Gasteiger partial charge in [-0.05, 0) is 34.7 Å². The number of hydrogen-bond donors (Lipinski definition) is 2. The van der Waals surface area contributed by atoms with Crippen LogP contribution in [0.5, 0.6) is 0 Å². The summed E-state index contributed by atoms with van der Waals surface area (Å²) in [6.07, 6.45) is -8.90. The standard InChI is InChI=1S/C47H52O10/c1-33-41(50-27-34-17-7-2-8-18-34)43(52-29-36-21-11-4-12-22-36)45(54-31-38-25-15-6-16-26-38)47(56-33)55-32-39-40(48)42(51-28-35-19-9-3-10-20-35)44(46(49)57-39)53-30-37-23-13-5-14-24-37/h2-26,33,39-49H,27-32H2,1H3/t33-,39+,40-,41-,42-,43+,44+,45+,46-,47-/m0/s1. The van der Waals surface area contributed by atoms with Crippen LogP contribution in [0.1, 0.15) is 34.7 Å². The van der Waals surface area contributed by atoms with Crippen LogP contribution in [0, 0.1) is 0 Å². The highest BCUT2D eigenvalue weighted by molar-refractivity contribution is 5.17. The Labute approximate surface area is 334 Å². The summed E-state index contributed by atoms with van der Waals surface area (Å²) in [5.74, 6) is 0. The second kappa shape index (κ2) is 20.9. The molecule has 2 N–H and O–H groups in total. The molecular formula is C47H52O10. The Bertz CT molecular complexity index is 1850. The molecule has 0 bridgehead atoms. The van der Waals surface area contributed by atoms with Crippen molar-refractivity contribution in [2.45, 2.75) is 101 Å². The Hall–Kier alpha value is -4.30. The van der Waals surface area contributed by atoms with Crippen LogP contribution in [0.25, 0.3) is 0 Å². The number of ether oxygens (including phenoxy) is 8. The number of rotatable bonds is 18. The van der Waals surface area contributed by atoms with E-state index in [0.717, 1.165) is 27.8 Å². The Morgan fingerprint density at radius 1 is 0.404 bits per heavy atom. The van der Waals surface area contributed by atoms with Crippen LogP contribution in [0.4, 0.5) is 0 Å². The predicted octanol–water partition coefficient (Wildman–Crippen LogP) is 6.75. The van der Waals surface area contributed by atoms with E-state index in [2.05, 4.69) is 0 Å². The first-order valence-electron chi connectivity index (χ1n) is 19.6. The van der Waals surface area contributed by atoms with Crippen LogP contribution in [-0.2, 0) is 70.9 Å². The van der Waals surface area contributed by atoms with Crippen LogP contribution < -0.4 is 0 Å². The summed E-state index contributed by atoms with van der Waals surface area (Å²) >= 11 is 0. The highest BCUT2D eigenvalue weighted by atomic mass is 16.7. The zero-order chi connectivity index (χ0) is 39.2. The average Bonchev–Trinajstić information content (AvgIpc) is 3.26.